The van der Waals surface area contributed by atoms with Gasteiger partial charge in [0.05, 0.1) is 0 Å². The van der Waals surface area contributed by atoms with Gasteiger partial charge < -0.3 is 20.1 Å². The number of carboxylic acids is 1. The summed E-state index contributed by atoms with van der Waals surface area (Å²) in [6.45, 7) is 13.7. The predicted octanol–water partition coefficient (Wildman–Crippen LogP) is 2.49. The standard InChI is InChI=1S/C19H32N2O5/c1-10(2)8-12(20-17(25)26-18(3,4)5)15(22)21-9-11-13(19(11,6)7)14(21)16(23)24/h10-14H,8-9H2,1-7H3,(H,20,25)(H,23,24)/t11-,12-,13-,14-/m0/s1. The second kappa shape index (κ2) is 6.74. The second-order valence-corrected chi connectivity index (χ2v) is 9.56. The number of carboxylic acid groups (broad SMARTS) is 1. The van der Waals surface area contributed by atoms with Crippen LogP contribution >= 0.6 is 0 Å². The van der Waals surface area contributed by atoms with E-state index in [9.17, 15) is 19.5 Å². The molecule has 0 aromatic rings. The molecule has 1 heterocycles. The lowest BCUT2D eigenvalue weighted by atomic mass is 9.98. The third-order valence-electron chi connectivity index (χ3n) is 5.44. The van der Waals surface area contributed by atoms with Crippen molar-refractivity contribution in [2.45, 2.75) is 72.6 Å². The summed E-state index contributed by atoms with van der Waals surface area (Å²) in [5, 5.41) is 12.3. The molecule has 1 aliphatic carbocycles. The molecule has 0 aromatic carbocycles. The summed E-state index contributed by atoms with van der Waals surface area (Å²) in [4.78, 5) is 38.4. The molecule has 148 valence electrons. The van der Waals surface area contributed by atoms with Gasteiger partial charge in [-0.3, -0.25) is 4.79 Å². The molecule has 2 N–H and O–H groups in total. The summed E-state index contributed by atoms with van der Waals surface area (Å²) in [5.74, 6) is -0.966. The molecule has 1 aliphatic heterocycles. The number of carbonyl (C=O) groups excluding carboxylic acids is 2. The van der Waals surface area contributed by atoms with Gasteiger partial charge in [-0.1, -0.05) is 27.7 Å². The Morgan fingerprint density at radius 2 is 1.85 bits per heavy atom. The van der Waals surface area contributed by atoms with Crippen LogP contribution in [-0.4, -0.2) is 52.2 Å². The number of fused-ring (bicyclic) bond motifs is 1. The fraction of sp³-hybridized carbons (Fsp3) is 0.842. The summed E-state index contributed by atoms with van der Waals surface area (Å²) in [6, 6.07) is -1.61. The monoisotopic (exact) mass is 368 g/mol. The van der Waals surface area contributed by atoms with E-state index in [0.29, 0.717) is 13.0 Å². The van der Waals surface area contributed by atoms with Crippen molar-refractivity contribution in [2.75, 3.05) is 6.54 Å². The third-order valence-corrected chi connectivity index (χ3v) is 5.44. The summed E-state index contributed by atoms with van der Waals surface area (Å²) >= 11 is 0. The van der Waals surface area contributed by atoms with Crippen LogP contribution in [0.2, 0.25) is 0 Å². The number of carbonyl (C=O) groups is 3. The third kappa shape index (κ3) is 4.13. The Morgan fingerprint density at radius 1 is 1.27 bits per heavy atom. The maximum atomic E-state index is 13.1. The molecule has 0 unspecified atom stereocenters. The summed E-state index contributed by atoms with van der Waals surface area (Å²) in [5.41, 5.74) is -0.718. The predicted molar refractivity (Wildman–Crippen MR) is 96.5 cm³/mol. The van der Waals surface area contributed by atoms with E-state index < -0.39 is 29.7 Å². The number of rotatable bonds is 5. The fourth-order valence-corrected chi connectivity index (χ4v) is 4.14. The van der Waals surface area contributed by atoms with Gasteiger partial charge in [-0.2, -0.15) is 0 Å². The molecule has 26 heavy (non-hydrogen) atoms. The van der Waals surface area contributed by atoms with Gasteiger partial charge >= 0.3 is 12.1 Å². The Kier molecular flexibility index (Phi) is 5.32. The van der Waals surface area contributed by atoms with Crippen LogP contribution in [0.4, 0.5) is 4.79 Å². The molecule has 7 nitrogen and oxygen atoms in total. The first-order valence-electron chi connectivity index (χ1n) is 9.28. The van der Waals surface area contributed by atoms with Crippen molar-refractivity contribution in [1.29, 1.82) is 0 Å². The van der Waals surface area contributed by atoms with Crippen LogP contribution in [0.25, 0.3) is 0 Å². The lowest BCUT2D eigenvalue weighted by Gasteiger charge is -2.32. The number of likely N-dealkylation sites (tertiary alicyclic amines) is 1. The number of ether oxygens (including phenoxy) is 1. The van der Waals surface area contributed by atoms with E-state index in [-0.39, 0.29) is 29.1 Å². The van der Waals surface area contributed by atoms with Gasteiger partial charge in [-0.15, -0.1) is 0 Å². The van der Waals surface area contributed by atoms with E-state index >= 15 is 0 Å². The van der Waals surface area contributed by atoms with Gasteiger partial charge in [0.25, 0.3) is 0 Å². The Balaban J connectivity index is 2.14. The highest BCUT2D eigenvalue weighted by atomic mass is 16.6. The first-order valence-corrected chi connectivity index (χ1v) is 9.28. The van der Waals surface area contributed by atoms with Crippen LogP contribution in [0.15, 0.2) is 0 Å². The molecule has 0 aromatic heterocycles. The fourth-order valence-electron chi connectivity index (χ4n) is 4.14. The van der Waals surface area contributed by atoms with Crippen molar-refractivity contribution in [3.63, 3.8) is 0 Å². The van der Waals surface area contributed by atoms with E-state index in [4.69, 9.17) is 4.74 Å². The molecule has 2 aliphatic rings. The molecular formula is C19H32N2O5. The topological polar surface area (TPSA) is 95.9 Å². The number of hydrogen-bond acceptors (Lipinski definition) is 4. The number of aliphatic carboxylic acids is 1. The minimum Gasteiger partial charge on any atom is -0.480 e. The van der Waals surface area contributed by atoms with Crippen molar-refractivity contribution in [3.8, 4) is 0 Å². The minimum absolute atomic E-state index is 0.0230. The van der Waals surface area contributed by atoms with E-state index in [1.807, 2.05) is 27.7 Å². The Hall–Kier alpha value is -1.79. The molecule has 0 spiro atoms. The zero-order chi connectivity index (χ0) is 20.0. The second-order valence-electron chi connectivity index (χ2n) is 9.56. The number of nitrogens with one attached hydrogen (secondary N) is 1. The highest BCUT2D eigenvalue weighted by molar-refractivity contribution is 5.90. The van der Waals surface area contributed by atoms with Gasteiger partial charge in [0.1, 0.15) is 17.7 Å². The molecule has 2 fully saturated rings. The molecule has 0 radical (unpaired) electrons. The Labute approximate surface area is 155 Å². The minimum atomic E-state index is -0.975. The van der Waals surface area contributed by atoms with Crippen LogP contribution < -0.4 is 5.32 Å². The van der Waals surface area contributed by atoms with Crippen molar-refractivity contribution in [2.24, 2.45) is 23.2 Å². The molecule has 2 rings (SSSR count). The molecular weight excluding hydrogens is 336 g/mol. The average molecular weight is 368 g/mol. The van der Waals surface area contributed by atoms with Crippen LogP contribution in [0.5, 0.6) is 0 Å². The number of amides is 2. The largest absolute Gasteiger partial charge is 0.480 e. The highest BCUT2D eigenvalue weighted by Gasteiger charge is 2.69. The smallest absolute Gasteiger partial charge is 0.408 e. The SMILES string of the molecule is CC(C)C[C@H](NC(=O)OC(C)(C)C)C(=O)N1C[C@H]2[C@@H]([C@H]1C(=O)O)C2(C)C. The Bertz CT molecular complexity index is 593. The first-order chi connectivity index (χ1) is 11.8. The van der Waals surface area contributed by atoms with E-state index in [0.717, 1.165) is 0 Å². The van der Waals surface area contributed by atoms with Crippen molar-refractivity contribution < 1.29 is 24.2 Å². The van der Waals surface area contributed by atoms with E-state index in [1.165, 1.54) is 4.90 Å². The highest BCUT2D eigenvalue weighted by Crippen LogP contribution is 2.64. The van der Waals surface area contributed by atoms with E-state index in [1.54, 1.807) is 20.8 Å². The summed E-state index contributed by atoms with van der Waals surface area (Å²) in [7, 11) is 0. The molecule has 1 saturated carbocycles. The van der Waals surface area contributed by atoms with E-state index in [2.05, 4.69) is 5.32 Å². The van der Waals surface area contributed by atoms with Crippen LogP contribution in [0.1, 0.15) is 54.9 Å². The van der Waals surface area contributed by atoms with Crippen LogP contribution in [0.3, 0.4) is 0 Å². The zero-order valence-corrected chi connectivity index (χ0v) is 16.8. The van der Waals surface area contributed by atoms with Crippen LogP contribution in [-0.2, 0) is 14.3 Å². The van der Waals surface area contributed by atoms with Crippen LogP contribution in [0, 0.1) is 23.2 Å². The quantitative estimate of drug-likeness (QED) is 0.777. The lowest BCUT2D eigenvalue weighted by Crippen LogP contribution is -2.54. The summed E-state index contributed by atoms with van der Waals surface area (Å²) < 4.78 is 5.26. The van der Waals surface area contributed by atoms with Gasteiger partial charge in [0, 0.05) is 12.5 Å². The van der Waals surface area contributed by atoms with Crippen molar-refractivity contribution in [3.05, 3.63) is 0 Å². The normalized spacial score (nSPS) is 27.7. The maximum Gasteiger partial charge on any atom is 0.408 e. The number of piperidine rings is 1. The average Bonchev–Trinajstić information content (AvgIpc) is 2.82. The summed E-state index contributed by atoms with van der Waals surface area (Å²) in [6.07, 6.45) is -0.229. The lowest BCUT2D eigenvalue weighted by molar-refractivity contribution is -0.151. The Morgan fingerprint density at radius 3 is 2.31 bits per heavy atom. The molecule has 7 heteroatoms. The number of nitrogens with zero attached hydrogens (tertiary/aromatic N) is 1. The zero-order valence-electron chi connectivity index (χ0n) is 16.8. The van der Waals surface area contributed by atoms with Gasteiger partial charge in [-0.25, -0.2) is 9.59 Å². The number of hydrogen-bond donors (Lipinski definition) is 2. The maximum absolute atomic E-state index is 13.1. The molecule has 4 atom stereocenters. The van der Waals surface area contributed by atoms with Gasteiger partial charge in [0.15, 0.2) is 0 Å². The first kappa shape index (κ1) is 20.5. The van der Waals surface area contributed by atoms with Crippen molar-refractivity contribution >= 4 is 18.0 Å². The van der Waals surface area contributed by atoms with Crippen molar-refractivity contribution in [1.82, 2.24) is 10.2 Å². The van der Waals surface area contributed by atoms with Gasteiger partial charge in [-0.05, 0) is 44.4 Å². The van der Waals surface area contributed by atoms with Gasteiger partial charge in [0.2, 0.25) is 5.91 Å². The molecule has 0 bridgehead atoms. The molecule has 1 saturated heterocycles. The number of alkyl carbamates (subject to hydrolysis) is 1. The molecule has 2 amide bonds.